The van der Waals surface area contributed by atoms with Gasteiger partial charge in [0.1, 0.15) is 0 Å². The highest BCUT2D eigenvalue weighted by atomic mass is 16.4. The fourth-order valence-corrected chi connectivity index (χ4v) is 3.70. The molecule has 2 N–H and O–H groups in total. The molecule has 0 aromatic heterocycles. The average molecular weight is 241 g/mol. The number of hydrogen-bond acceptors (Lipinski definition) is 3. The van der Waals surface area contributed by atoms with Crippen LogP contribution in [-0.2, 0) is 4.79 Å². The van der Waals surface area contributed by atoms with Crippen molar-refractivity contribution in [1.82, 2.24) is 4.90 Å². The zero-order valence-electron chi connectivity index (χ0n) is 10.5. The lowest BCUT2D eigenvalue weighted by Gasteiger charge is -2.28. The number of nitrogens with zero attached hydrogens (tertiary/aromatic N) is 1. The third-order valence-electron chi connectivity index (χ3n) is 4.36. The summed E-state index contributed by atoms with van der Waals surface area (Å²) in [5.41, 5.74) is 0. The van der Waals surface area contributed by atoms with E-state index in [0.29, 0.717) is 6.54 Å². The monoisotopic (exact) mass is 241 g/mol. The lowest BCUT2D eigenvalue weighted by Crippen LogP contribution is -2.35. The van der Waals surface area contributed by atoms with Crippen LogP contribution in [0.25, 0.3) is 0 Å². The lowest BCUT2D eigenvalue weighted by molar-refractivity contribution is -0.139. The Balaban J connectivity index is 1.70. The Morgan fingerprint density at radius 1 is 1.41 bits per heavy atom. The van der Waals surface area contributed by atoms with Crippen molar-refractivity contribution < 1.29 is 15.0 Å². The zero-order chi connectivity index (χ0) is 12.4. The predicted octanol–water partition coefficient (Wildman–Crippen LogP) is 1.19. The molecule has 4 atom stereocenters. The molecule has 2 rings (SSSR count). The van der Waals surface area contributed by atoms with Crippen molar-refractivity contribution in [2.24, 2.45) is 17.8 Å². The summed E-state index contributed by atoms with van der Waals surface area (Å²) in [6, 6.07) is 0. The van der Waals surface area contributed by atoms with Crippen molar-refractivity contribution >= 4 is 5.97 Å². The molecule has 4 heteroatoms. The second-order valence-corrected chi connectivity index (χ2v) is 5.91. The first-order valence-corrected chi connectivity index (χ1v) is 6.63. The number of carboxylic acid groups (broad SMARTS) is 1. The summed E-state index contributed by atoms with van der Waals surface area (Å²) >= 11 is 0. The van der Waals surface area contributed by atoms with E-state index >= 15 is 0 Å². The molecule has 0 aromatic carbocycles. The van der Waals surface area contributed by atoms with Crippen LogP contribution in [0.2, 0.25) is 0 Å². The first-order valence-electron chi connectivity index (χ1n) is 6.63. The number of aliphatic carboxylic acids is 1. The fraction of sp³-hybridized carbons (Fsp3) is 0.923. The van der Waals surface area contributed by atoms with Gasteiger partial charge in [0.05, 0.1) is 12.5 Å². The van der Waals surface area contributed by atoms with Crippen LogP contribution in [0.4, 0.5) is 0 Å². The van der Waals surface area contributed by atoms with Crippen LogP contribution in [-0.4, -0.2) is 47.3 Å². The quantitative estimate of drug-likeness (QED) is 0.733. The van der Waals surface area contributed by atoms with Gasteiger partial charge >= 0.3 is 5.97 Å². The highest BCUT2D eigenvalue weighted by Crippen LogP contribution is 2.48. The Morgan fingerprint density at radius 2 is 2.18 bits per heavy atom. The molecule has 2 aliphatic carbocycles. The van der Waals surface area contributed by atoms with E-state index in [4.69, 9.17) is 5.11 Å². The summed E-state index contributed by atoms with van der Waals surface area (Å²) < 4.78 is 0. The lowest BCUT2D eigenvalue weighted by atomic mass is 9.88. The Kier molecular flexibility index (Phi) is 4.05. The van der Waals surface area contributed by atoms with Gasteiger partial charge in [-0.3, -0.25) is 4.79 Å². The zero-order valence-corrected chi connectivity index (χ0v) is 10.5. The van der Waals surface area contributed by atoms with Gasteiger partial charge in [-0.2, -0.15) is 0 Å². The molecule has 0 aromatic rings. The molecule has 2 saturated carbocycles. The normalized spacial score (nSPS) is 33.2. The van der Waals surface area contributed by atoms with Crippen molar-refractivity contribution in [3.63, 3.8) is 0 Å². The van der Waals surface area contributed by atoms with Crippen LogP contribution in [0.15, 0.2) is 0 Å². The third kappa shape index (κ3) is 3.42. The van der Waals surface area contributed by atoms with E-state index in [1.165, 1.54) is 25.7 Å². The highest BCUT2D eigenvalue weighted by Gasteiger charge is 2.39. The molecule has 2 aliphatic rings. The summed E-state index contributed by atoms with van der Waals surface area (Å²) in [6.45, 7) is 1.48. The minimum atomic E-state index is -0.925. The Hall–Kier alpha value is -0.610. The number of carboxylic acids is 1. The van der Waals surface area contributed by atoms with E-state index in [2.05, 4.69) is 4.90 Å². The average Bonchev–Trinajstić information content (AvgIpc) is 2.76. The van der Waals surface area contributed by atoms with Crippen molar-refractivity contribution in [2.45, 2.75) is 38.2 Å². The van der Waals surface area contributed by atoms with Crippen LogP contribution in [0.3, 0.4) is 0 Å². The number of hydrogen-bond donors (Lipinski definition) is 2. The van der Waals surface area contributed by atoms with Crippen LogP contribution in [0, 0.1) is 17.8 Å². The standard InChI is InChI=1S/C13H23NO3/c1-14(8-12(15)6-13(16)17)7-11-5-9-2-3-10(11)4-9/h9-12,15H,2-8H2,1H3,(H,16,17). The van der Waals surface area contributed by atoms with Crippen molar-refractivity contribution in [3.8, 4) is 0 Å². The molecule has 0 amide bonds. The topological polar surface area (TPSA) is 60.8 Å². The first-order chi connectivity index (χ1) is 8.04. The molecular weight excluding hydrogens is 218 g/mol. The largest absolute Gasteiger partial charge is 0.481 e. The van der Waals surface area contributed by atoms with Gasteiger partial charge in [0.25, 0.3) is 0 Å². The summed E-state index contributed by atoms with van der Waals surface area (Å²) in [5.74, 6) is 1.68. The second kappa shape index (κ2) is 5.36. The maximum absolute atomic E-state index is 10.5. The Morgan fingerprint density at radius 3 is 2.71 bits per heavy atom. The van der Waals surface area contributed by atoms with Crippen molar-refractivity contribution in [1.29, 1.82) is 0 Å². The van der Waals surface area contributed by atoms with E-state index in [9.17, 15) is 9.90 Å². The maximum Gasteiger partial charge on any atom is 0.306 e. The first kappa shape index (κ1) is 12.8. The van der Waals surface area contributed by atoms with Gasteiger partial charge in [-0.25, -0.2) is 0 Å². The molecular formula is C13H23NO3. The smallest absolute Gasteiger partial charge is 0.306 e. The van der Waals surface area contributed by atoms with E-state index < -0.39 is 12.1 Å². The Bertz CT molecular complexity index is 282. The summed E-state index contributed by atoms with van der Waals surface area (Å²) in [6.07, 6.45) is 4.63. The second-order valence-electron chi connectivity index (χ2n) is 5.91. The fourth-order valence-electron chi connectivity index (χ4n) is 3.70. The van der Waals surface area contributed by atoms with Gasteiger partial charge < -0.3 is 15.1 Å². The molecule has 0 spiro atoms. The summed E-state index contributed by atoms with van der Waals surface area (Å²) in [4.78, 5) is 12.6. The van der Waals surface area contributed by atoms with E-state index in [1.807, 2.05) is 7.05 Å². The third-order valence-corrected chi connectivity index (χ3v) is 4.36. The van der Waals surface area contributed by atoms with Crippen LogP contribution in [0.1, 0.15) is 32.1 Å². The number of fused-ring (bicyclic) bond motifs is 2. The predicted molar refractivity (Wildman–Crippen MR) is 64.7 cm³/mol. The van der Waals surface area contributed by atoms with Crippen LogP contribution < -0.4 is 0 Å². The molecule has 4 nitrogen and oxygen atoms in total. The minimum absolute atomic E-state index is 0.152. The van der Waals surface area contributed by atoms with Crippen molar-refractivity contribution in [3.05, 3.63) is 0 Å². The SMILES string of the molecule is CN(CC(O)CC(=O)O)CC1CC2CCC1C2. The number of aliphatic hydroxyl groups is 1. The molecule has 2 fully saturated rings. The van der Waals surface area contributed by atoms with E-state index in [0.717, 1.165) is 24.3 Å². The number of carbonyl (C=O) groups is 1. The van der Waals surface area contributed by atoms with Gasteiger partial charge in [-0.15, -0.1) is 0 Å². The molecule has 0 saturated heterocycles. The molecule has 0 heterocycles. The van der Waals surface area contributed by atoms with Crippen molar-refractivity contribution in [2.75, 3.05) is 20.1 Å². The number of likely N-dealkylation sites (N-methyl/N-ethyl adjacent to an activating group) is 1. The Labute approximate surface area is 103 Å². The molecule has 0 radical (unpaired) electrons. The minimum Gasteiger partial charge on any atom is -0.481 e. The molecule has 17 heavy (non-hydrogen) atoms. The van der Waals surface area contributed by atoms with Gasteiger partial charge in [-0.1, -0.05) is 6.42 Å². The van der Waals surface area contributed by atoms with E-state index in [-0.39, 0.29) is 6.42 Å². The summed E-state index contributed by atoms with van der Waals surface area (Å²) in [7, 11) is 1.98. The molecule has 0 aliphatic heterocycles. The van der Waals surface area contributed by atoms with Gasteiger partial charge in [-0.05, 0) is 44.1 Å². The van der Waals surface area contributed by atoms with E-state index in [1.54, 1.807) is 0 Å². The maximum atomic E-state index is 10.5. The van der Waals surface area contributed by atoms with Gasteiger partial charge in [0.2, 0.25) is 0 Å². The summed E-state index contributed by atoms with van der Waals surface area (Å²) in [5, 5.41) is 18.2. The molecule has 2 bridgehead atoms. The van der Waals surface area contributed by atoms with Crippen LogP contribution >= 0.6 is 0 Å². The van der Waals surface area contributed by atoms with Gasteiger partial charge in [0.15, 0.2) is 0 Å². The molecule has 98 valence electrons. The number of rotatable bonds is 6. The van der Waals surface area contributed by atoms with Crippen LogP contribution in [0.5, 0.6) is 0 Å². The number of aliphatic hydroxyl groups excluding tert-OH is 1. The highest BCUT2D eigenvalue weighted by molar-refractivity contribution is 5.67. The molecule has 4 unspecified atom stereocenters. The van der Waals surface area contributed by atoms with Gasteiger partial charge in [0, 0.05) is 13.1 Å².